The predicted octanol–water partition coefficient (Wildman–Crippen LogP) is 4.98. The molecule has 0 unspecified atom stereocenters. The maximum Gasteiger partial charge on any atom is 0.311 e. The zero-order valence-corrected chi connectivity index (χ0v) is 14.2. The molecule has 0 amide bonds. The van der Waals surface area contributed by atoms with E-state index in [9.17, 15) is 9.18 Å². The summed E-state index contributed by atoms with van der Waals surface area (Å²) in [5.41, 5.74) is 1.11. The zero-order valence-electron chi connectivity index (χ0n) is 13.5. The molecular weight excluding hydrogens is 345 g/mol. The molecule has 0 bridgehead atoms. The van der Waals surface area contributed by atoms with Gasteiger partial charge in [-0.25, -0.2) is 9.37 Å². The minimum absolute atomic E-state index is 0.0965. The van der Waals surface area contributed by atoms with Gasteiger partial charge in [0, 0.05) is 11.4 Å². The molecule has 0 N–H and O–H groups in total. The van der Waals surface area contributed by atoms with Gasteiger partial charge in [-0.1, -0.05) is 23.7 Å². The first-order chi connectivity index (χ1) is 12.0. The number of ether oxygens (including phenoxy) is 1. The summed E-state index contributed by atoms with van der Waals surface area (Å²) in [6.45, 7) is 1.81. The standard InChI is InChI=1S/C19H15ClFNO3/c1-12-10-13(20)6-7-16(12)25-19(23)9-8-18-22-11-17(24-18)14-4-2-3-5-15(14)21/h2-7,10-11H,8-9H2,1H3. The monoisotopic (exact) mass is 359 g/mol. The SMILES string of the molecule is Cc1cc(Cl)ccc1OC(=O)CCc1ncc(-c2ccccc2F)o1. The number of halogens is 2. The van der Waals surface area contributed by atoms with Crippen molar-refractivity contribution in [1.29, 1.82) is 0 Å². The second-order valence-corrected chi connectivity index (χ2v) is 5.92. The summed E-state index contributed by atoms with van der Waals surface area (Å²) in [5.74, 6) is 0.353. The van der Waals surface area contributed by atoms with Gasteiger partial charge in [0.2, 0.25) is 0 Å². The van der Waals surface area contributed by atoms with Crippen molar-refractivity contribution < 1.29 is 18.3 Å². The molecule has 25 heavy (non-hydrogen) atoms. The molecule has 1 heterocycles. The van der Waals surface area contributed by atoms with E-state index in [1.165, 1.54) is 12.3 Å². The molecule has 4 nitrogen and oxygen atoms in total. The van der Waals surface area contributed by atoms with Crippen molar-refractivity contribution in [1.82, 2.24) is 4.98 Å². The largest absolute Gasteiger partial charge is 0.441 e. The first kappa shape index (κ1) is 17.2. The van der Waals surface area contributed by atoms with Crippen LogP contribution >= 0.6 is 11.6 Å². The fourth-order valence-electron chi connectivity index (χ4n) is 2.32. The van der Waals surface area contributed by atoms with E-state index in [1.807, 2.05) is 6.92 Å². The highest BCUT2D eigenvalue weighted by molar-refractivity contribution is 6.30. The Morgan fingerprint density at radius 3 is 2.84 bits per heavy atom. The van der Waals surface area contributed by atoms with Crippen LogP contribution in [0.3, 0.4) is 0 Å². The number of esters is 1. The maximum atomic E-state index is 13.7. The van der Waals surface area contributed by atoms with Crippen molar-refractivity contribution >= 4 is 17.6 Å². The molecule has 6 heteroatoms. The Bertz CT molecular complexity index is 907. The first-order valence-electron chi connectivity index (χ1n) is 7.69. The lowest BCUT2D eigenvalue weighted by molar-refractivity contribution is -0.134. The number of carbonyl (C=O) groups excluding carboxylic acids is 1. The minimum Gasteiger partial charge on any atom is -0.441 e. The van der Waals surface area contributed by atoms with E-state index in [-0.39, 0.29) is 18.7 Å². The van der Waals surface area contributed by atoms with Crippen molar-refractivity contribution in [2.75, 3.05) is 0 Å². The van der Waals surface area contributed by atoms with Crippen LogP contribution in [0.1, 0.15) is 17.9 Å². The Kier molecular flexibility index (Phi) is 5.14. The highest BCUT2D eigenvalue weighted by Gasteiger charge is 2.13. The van der Waals surface area contributed by atoms with Gasteiger partial charge in [0.15, 0.2) is 11.7 Å². The smallest absolute Gasteiger partial charge is 0.311 e. The van der Waals surface area contributed by atoms with Gasteiger partial charge in [0.25, 0.3) is 0 Å². The third-order valence-electron chi connectivity index (χ3n) is 3.60. The van der Waals surface area contributed by atoms with E-state index in [2.05, 4.69) is 4.98 Å². The van der Waals surface area contributed by atoms with Crippen LogP contribution in [-0.4, -0.2) is 11.0 Å². The number of carbonyl (C=O) groups is 1. The van der Waals surface area contributed by atoms with Gasteiger partial charge in [0.05, 0.1) is 18.2 Å². The van der Waals surface area contributed by atoms with Crippen LogP contribution in [0.5, 0.6) is 5.75 Å². The minimum atomic E-state index is -0.406. The van der Waals surface area contributed by atoms with Gasteiger partial charge in [-0.05, 0) is 42.8 Å². The van der Waals surface area contributed by atoms with Crippen LogP contribution in [0.4, 0.5) is 4.39 Å². The van der Waals surface area contributed by atoms with Crippen molar-refractivity contribution in [2.45, 2.75) is 19.8 Å². The summed E-state index contributed by atoms with van der Waals surface area (Å²) in [6.07, 6.45) is 1.81. The Hall–Kier alpha value is -2.66. The van der Waals surface area contributed by atoms with Crippen molar-refractivity contribution in [3.05, 3.63) is 71.0 Å². The summed E-state index contributed by atoms with van der Waals surface area (Å²) < 4.78 is 24.6. The second-order valence-electron chi connectivity index (χ2n) is 5.48. The quantitative estimate of drug-likeness (QED) is 0.476. The van der Waals surface area contributed by atoms with Gasteiger partial charge in [-0.2, -0.15) is 0 Å². The molecule has 0 fully saturated rings. The Labute approximate surface area is 149 Å². The molecule has 0 saturated heterocycles. The lowest BCUT2D eigenvalue weighted by atomic mass is 10.2. The average Bonchev–Trinajstić information content (AvgIpc) is 3.05. The lowest BCUT2D eigenvalue weighted by Crippen LogP contribution is -2.09. The number of rotatable bonds is 5. The van der Waals surface area contributed by atoms with Gasteiger partial charge < -0.3 is 9.15 Å². The Morgan fingerprint density at radius 2 is 2.08 bits per heavy atom. The number of hydrogen-bond acceptors (Lipinski definition) is 4. The number of nitrogens with zero attached hydrogens (tertiary/aromatic N) is 1. The highest BCUT2D eigenvalue weighted by atomic mass is 35.5. The number of hydrogen-bond donors (Lipinski definition) is 0. The second kappa shape index (κ2) is 7.49. The van der Waals surface area contributed by atoms with Gasteiger partial charge in [0.1, 0.15) is 11.6 Å². The fourth-order valence-corrected chi connectivity index (χ4v) is 2.55. The van der Waals surface area contributed by atoms with E-state index in [4.69, 9.17) is 20.8 Å². The third kappa shape index (κ3) is 4.25. The molecule has 0 aliphatic rings. The summed E-state index contributed by atoms with van der Waals surface area (Å²) in [7, 11) is 0. The van der Waals surface area contributed by atoms with E-state index in [1.54, 1.807) is 36.4 Å². The molecule has 2 aromatic carbocycles. The molecule has 0 spiro atoms. The lowest BCUT2D eigenvalue weighted by Gasteiger charge is -2.06. The zero-order chi connectivity index (χ0) is 17.8. The van der Waals surface area contributed by atoms with Crippen LogP contribution in [0.15, 0.2) is 53.1 Å². The van der Waals surface area contributed by atoms with E-state index in [0.29, 0.717) is 28.0 Å². The van der Waals surface area contributed by atoms with Crippen LogP contribution in [-0.2, 0) is 11.2 Å². The molecule has 3 rings (SSSR count). The van der Waals surface area contributed by atoms with E-state index in [0.717, 1.165) is 5.56 Å². The number of aryl methyl sites for hydroxylation is 2. The van der Waals surface area contributed by atoms with Crippen LogP contribution < -0.4 is 4.74 Å². The molecular formula is C19H15ClFNO3. The number of aromatic nitrogens is 1. The van der Waals surface area contributed by atoms with Gasteiger partial charge in [-0.15, -0.1) is 0 Å². The van der Waals surface area contributed by atoms with Crippen molar-refractivity contribution in [2.24, 2.45) is 0 Å². The van der Waals surface area contributed by atoms with Crippen molar-refractivity contribution in [3.63, 3.8) is 0 Å². The first-order valence-corrected chi connectivity index (χ1v) is 8.07. The Morgan fingerprint density at radius 1 is 1.28 bits per heavy atom. The molecule has 0 aliphatic heterocycles. The summed E-state index contributed by atoms with van der Waals surface area (Å²) >= 11 is 5.87. The topological polar surface area (TPSA) is 52.3 Å². The summed E-state index contributed by atoms with van der Waals surface area (Å²) in [4.78, 5) is 16.1. The Balaban J connectivity index is 1.60. The summed E-state index contributed by atoms with van der Waals surface area (Å²) in [5, 5.41) is 0.581. The van der Waals surface area contributed by atoms with E-state index >= 15 is 0 Å². The molecule has 3 aromatic rings. The van der Waals surface area contributed by atoms with E-state index < -0.39 is 5.97 Å². The van der Waals surface area contributed by atoms with Gasteiger partial charge in [-0.3, -0.25) is 4.79 Å². The third-order valence-corrected chi connectivity index (χ3v) is 3.83. The maximum absolute atomic E-state index is 13.7. The molecule has 1 aromatic heterocycles. The van der Waals surface area contributed by atoms with Crippen LogP contribution in [0.2, 0.25) is 5.02 Å². The molecule has 0 saturated carbocycles. The van der Waals surface area contributed by atoms with Crippen molar-refractivity contribution in [3.8, 4) is 17.1 Å². The molecule has 0 radical (unpaired) electrons. The summed E-state index contributed by atoms with van der Waals surface area (Å²) in [6, 6.07) is 11.3. The molecule has 128 valence electrons. The molecule has 0 atom stereocenters. The predicted molar refractivity (Wildman–Crippen MR) is 92.0 cm³/mol. The van der Waals surface area contributed by atoms with Crippen LogP contribution in [0.25, 0.3) is 11.3 Å². The highest BCUT2D eigenvalue weighted by Crippen LogP contribution is 2.24. The number of oxazole rings is 1. The van der Waals surface area contributed by atoms with Crippen LogP contribution in [0, 0.1) is 12.7 Å². The average molecular weight is 360 g/mol. The molecule has 0 aliphatic carbocycles. The number of benzene rings is 2. The van der Waals surface area contributed by atoms with Gasteiger partial charge >= 0.3 is 5.97 Å². The fraction of sp³-hybridized carbons (Fsp3) is 0.158. The normalized spacial score (nSPS) is 10.7.